The molecule has 0 bridgehead atoms. The van der Waals surface area contributed by atoms with E-state index in [4.69, 9.17) is 0 Å². The van der Waals surface area contributed by atoms with Crippen LogP contribution in [-0.2, 0) is 0 Å². The van der Waals surface area contributed by atoms with E-state index >= 15 is 0 Å². The second-order valence-corrected chi connectivity index (χ2v) is 5.00. The Labute approximate surface area is 102 Å². The Bertz CT molecular complexity index is 302. The predicted molar refractivity (Wildman–Crippen MR) is 64.4 cm³/mol. The molecule has 0 saturated carbocycles. The molecule has 1 amide bonds. The minimum Gasteiger partial charge on any atom is -0.347 e. The highest BCUT2D eigenvalue weighted by Gasteiger charge is 2.15. The number of alkyl halides is 1. The summed E-state index contributed by atoms with van der Waals surface area (Å²) in [5.41, 5.74) is 0.398. The standard InChI is InChI=1S/C9H14BrN3OS/c1-6(2)3-7(4-10)11-9(14)8-5-15-13-12-8/h5-7H,3-4H2,1-2H3,(H,11,14). The van der Waals surface area contributed by atoms with Gasteiger partial charge in [-0.05, 0) is 23.9 Å². The van der Waals surface area contributed by atoms with Gasteiger partial charge in [-0.25, -0.2) is 0 Å². The van der Waals surface area contributed by atoms with Gasteiger partial charge < -0.3 is 5.32 Å². The molecule has 1 atom stereocenters. The van der Waals surface area contributed by atoms with E-state index in [-0.39, 0.29) is 11.9 Å². The lowest BCUT2D eigenvalue weighted by Gasteiger charge is -2.17. The Kier molecular flexibility index (Phi) is 5.17. The second-order valence-electron chi connectivity index (χ2n) is 3.74. The smallest absolute Gasteiger partial charge is 0.272 e. The van der Waals surface area contributed by atoms with E-state index < -0.39 is 0 Å². The highest BCUT2D eigenvalue weighted by molar-refractivity contribution is 9.09. The molecule has 1 aromatic heterocycles. The van der Waals surface area contributed by atoms with Gasteiger partial charge in [0.15, 0.2) is 5.69 Å². The van der Waals surface area contributed by atoms with Gasteiger partial charge in [0.1, 0.15) is 0 Å². The molecular formula is C9H14BrN3OS. The Morgan fingerprint density at radius 1 is 1.67 bits per heavy atom. The molecule has 0 aliphatic heterocycles. The fourth-order valence-corrected chi connectivity index (χ4v) is 2.11. The van der Waals surface area contributed by atoms with Crippen molar-refractivity contribution >= 4 is 33.4 Å². The molecule has 0 fully saturated rings. The summed E-state index contributed by atoms with van der Waals surface area (Å²) in [6.07, 6.45) is 0.953. The summed E-state index contributed by atoms with van der Waals surface area (Å²) >= 11 is 4.57. The Morgan fingerprint density at radius 3 is 2.87 bits per heavy atom. The van der Waals surface area contributed by atoms with Crippen LogP contribution in [0.1, 0.15) is 30.8 Å². The predicted octanol–water partition coefficient (Wildman–Crippen LogP) is 2.08. The van der Waals surface area contributed by atoms with Gasteiger partial charge in [0.25, 0.3) is 5.91 Å². The summed E-state index contributed by atoms with van der Waals surface area (Å²) in [7, 11) is 0. The van der Waals surface area contributed by atoms with Crippen LogP contribution in [0.4, 0.5) is 0 Å². The largest absolute Gasteiger partial charge is 0.347 e. The van der Waals surface area contributed by atoms with Crippen LogP contribution in [0.15, 0.2) is 5.38 Å². The van der Waals surface area contributed by atoms with Crippen LogP contribution in [0.5, 0.6) is 0 Å². The van der Waals surface area contributed by atoms with Crippen molar-refractivity contribution in [1.82, 2.24) is 14.9 Å². The Balaban J connectivity index is 2.48. The number of rotatable bonds is 5. The van der Waals surface area contributed by atoms with Crippen molar-refractivity contribution in [2.24, 2.45) is 5.92 Å². The van der Waals surface area contributed by atoms with Gasteiger partial charge >= 0.3 is 0 Å². The van der Waals surface area contributed by atoms with Crippen molar-refractivity contribution in [3.8, 4) is 0 Å². The molecule has 0 aromatic carbocycles. The van der Waals surface area contributed by atoms with Gasteiger partial charge in [-0.1, -0.05) is 34.3 Å². The average molecular weight is 292 g/mol. The van der Waals surface area contributed by atoms with E-state index in [2.05, 4.69) is 44.7 Å². The fraction of sp³-hybridized carbons (Fsp3) is 0.667. The number of carbonyl (C=O) groups is 1. The van der Waals surface area contributed by atoms with E-state index in [0.717, 1.165) is 11.8 Å². The zero-order valence-electron chi connectivity index (χ0n) is 8.74. The third-order valence-corrected chi connectivity index (χ3v) is 3.16. The van der Waals surface area contributed by atoms with E-state index in [1.807, 2.05) is 0 Å². The lowest BCUT2D eigenvalue weighted by Crippen LogP contribution is -2.37. The summed E-state index contributed by atoms with van der Waals surface area (Å²) in [6.45, 7) is 4.26. The normalized spacial score (nSPS) is 12.8. The zero-order valence-corrected chi connectivity index (χ0v) is 11.1. The maximum absolute atomic E-state index is 11.6. The maximum Gasteiger partial charge on any atom is 0.272 e. The minimum absolute atomic E-state index is 0.145. The quantitative estimate of drug-likeness (QED) is 0.845. The SMILES string of the molecule is CC(C)CC(CBr)NC(=O)c1csnn1. The molecular weight excluding hydrogens is 278 g/mol. The molecule has 84 valence electrons. The molecule has 0 aliphatic carbocycles. The van der Waals surface area contributed by atoms with Crippen LogP contribution in [0, 0.1) is 5.92 Å². The molecule has 1 heterocycles. The van der Waals surface area contributed by atoms with E-state index in [0.29, 0.717) is 11.6 Å². The van der Waals surface area contributed by atoms with Crippen LogP contribution in [0.3, 0.4) is 0 Å². The molecule has 15 heavy (non-hydrogen) atoms. The molecule has 0 aliphatic rings. The van der Waals surface area contributed by atoms with Crippen LogP contribution in [0.25, 0.3) is 0 Å². The van der Waals surface area contributed by atoms with E-state index in [1.54, 1.807) is 5.38 Å². The van der Waals surface area contributed by atoms with Gasteiger partial charge in [0, 0.05) is 16.8 Å². The van der Waals surface area contributed by atoms with Crippen LogP contribution >= 0.6 is 27.5 Å². The molecule has 0 spiro atoms. The van der Waals surface area contributed by atoms with Crippen molar-refractivity contribution < 1.29 is 4.79 Å². The van der Waals surface area contributed by atoms with Crippen molar-refractivity contribution in [3.63, 3.8) is 0 Å². The highest BCUT2D eigenvalue weighted by atomic mass is 79.9. The lowest BCUT2D eigenvalue weighted by molar-refractivity contribution is 0.0932. The molecule has 6 heteroatoms. The van der Waals surface area contributed by atoms with Gasteiger partial charge in [0.2, 0.25) is 0 Å². The van der Waals surface area contributed by atoms with E-state index in [9.17, 15) is 4.79 Å². The first-order chi connectivity index (χ1) is 7.13. The minimum atomic E-state index is -0.145. The molecule has 1 rings (SSSR count). The molecule has 0 radical (unpaired) electrons. The number of aromatic nitrogens is 2. The van der Waals surface area contributed by atoms with Crippen molar-refractivity contribution in [1.29, 1.82) is 0 Å². The van der Waals surface area contributed by atoms with Crippen LogP contribution in [0.2, 0.25) is 0 Å². The molecule has 0 saturated heterocycles. The average Bonchev–Trinajstić information content (AvgIpc) is 2.68. The number of halogens is 1. The molecule has 1 aromatic rings. The summed E-state index contributed by atoms with van der Waals surface area (Å²) in [4.78, 5) is 11.6. The Hall–Kier alpha value is -0.490. The third-order valence-electron chi connectivity index (χ3n) is 1.87. The maximum atomic E-state index is 11.6. The lowest BCUT2D eigenvalue weighted by atomic mass is 10.1. The van der Waals surface area contributed by atoms with Crippen molar-refractivity contribution in [2.75, 3.05) is 5.33 Å². The summed E-state index contributed by atoms with van der Waals surface area (Å²) in [6, 6.07) is 0.152. The number of nitrogens with zero attached hydrogens (tertiary/aromatic N) is 2. The first kappa shape index (κ1) is 12.6. The monoisotopic (exact) mass is 291 g/mol. The molecule has 4 nitrogen and oxygen atoms in total. The summed E-state index contributed by atoms with van der Waals surface area (Å²) < 4.78 is 3.66. The third kappa shape index (κ3) is 4.25. The van der Waals surface area contributed by atoms with Crippen molar-refractivity contribution in [3.05, 3.63) is 11.1 Å². The topological polar surface area (TPSA) is 54.9 Å². The zero-order chi connectivity index (χ0) is 11.3. The van der Waals surface area contributed by atoms with Gasteiger partial charge in [0.05, 0.1) is 0 Å². The van der Waals surface area contributed by atoms with Crippen LogP contribution in [-0.4, -0.2) is 26.9 Å². The van der Waals surface area contributed by atoms with E-state index in [1.165, 1.54) is 11.5 Å². The number of nitrogens with one attached hydrogen (secondary N) is 1. The highest BCUT2D eigenvalue weighted by Crippen LogP contribution is 2.08. The first-order valence-corrected chi connectivity index (χ1v) is 6.73. The second kappa shape index (κ2) is 6.17. The summed E-state index contributed by atoms with van der Waals surface area (Å²) in [5, 5.41) is 9.05. The number of hydrogen-bond acceptors (Lipinski definition) is 4. The number of carbonyl (C=O) groups excluding carboxylic acids is 1. The fourth-order valence-electron chi connectivity index (χ4n) is 1.25. The van der Waals surface area contributed by atoms with Gasteiger partial charge in [-0.15, -0.1) is 5.10 Å². The Morgan fingerprint density at radius 2 is 2.40 bits per heavy atom. The van der Waals surface area contributed by atoms with Crippen LogP contribution < -0.4 is 5.32 Å². The number of amides is 1. The van der Waals surface area contributed by atoms with Gasteiger partial charge in [-0.2, -0.15) is 0 Å². The van der Waals surface area contributed by atoms with Crippen molar-refractivity contribution in [2.45, 2.75) is 26.3 Å². The first-order valence-electron chi connectivity index (χ1n) is 4.77. The molecule has 1 N–H and O–H groups in total. The molecule has 1 unspecified atom stereocenters. The summed E-state index contributed by atoms with van der Waals surface area (Å²) in [5.74, 6) is 0.412. The van der Waals surface area contributed by atoms with Gasteiger partial charge in [-0.3, -0.25) is 4.79 Å². The number of hydrogen-bond donors (Lipinski definition) is 1.